The Morgan fingerprint density at radius 3 is 2.43 bits per heavy atom. The van der Waals surface area contributed by atoms with Crippen molar-refractivity contribution in [2.24, 2.45) is 5.92 Å². The van der Waals surface area contributed by atoms with Crippen LogP contribution in [0.1, 0.15) is 56.9 Å². The van der Waals surface area contributed by atoms with E-state index in [1.807, 2.05) is 13.8 Å². The van der Waals surface area contributed by atoms with Gasteiger partial charge < -0.3 is 14.5 Å². The number of hydrogen-bond acceptors (Lipinski definition) is 7. The highest BCUT2D eigenvalue weighted by atomic mass is 35.5. The number of nitrogens with one attached hydrogen (secondary N) is 1. The normalized spacial score (nSPS) is 12.7. The van der Waals surface area contributed by atoms with Gasteiger partial charge >= 0.3 is 6.09 Å². The molecule has 0 aliphatic rings. The summed E-state index contributed by atoms with van der Waals surface area (Å²) in [6.45, 7) is 9.20. The third kappa shape index (κ3) is 6.83. The number of hydrogen-bond donors (Lipinski definition) is 1. The minimum absolute atomic E-state index is 0.00141. The lowest BCUT2D eigenvalue weighted by Gasteiger charge is -2.23. The van der Waals surface area contributed by atoms with Crippen LogP contribution in [0.4, 0.5) is 4.79 Å². The van der Waals surface area contributed by atoms with Gasteiger partial charge in [0.25, 0.3) is 5.22 Å². The summed E-state index contributed by atoms with van der Waals surface area (Å²) >= 11 is 6.97. The van der Waals surface area contributed by atoms with Crippen LogP contribution in [0.5, 0.6) is 0 Å². The van der Waals surface area contributed by atoms with Crippen molar-refractivity contribution in [3.63, 3.8) is 0 Å². The number of carbonyl (C=O) groups excluding carboxylic acids is 2. The second-order valence-corrected chi connectivity index (χ2v) is 8.86. The van der Waals surface area contributed by atoms with E-state index in [1.165, 1.54) is 0 Å². The highest BCUT2D eigenvalue weighted by Crippen LogP contribution is 2.25. The van der Waals surface area contributed by atoms with Crippen LogP contribution in [-0.2, 0) is 4.74 Å². The number of ether oxygens (including phenoxy) is 1. The van der Waals surface area contributed by atoms with Gasteiger partial charge in [0.1, 0.15) is 11.6 Å². The lowest BCUT2D eigenvalue weighted by molar-refractivity contribution is 0.0477. The fourth-order valence-electron chi connectivity index (χ4n) is 2.20. The van der Waals surface area contributed by atoms with E-state index in [0.717, 1.165) is 11.8 Å². The summed E-state index contributed by atoms with van der Waals surface area (Å²) in [5, 5.41) is 11.6. The molecule has 1 N–H and O–H groups in total. The summed E-state index contributed by atoms with van der Waals surface area (Å²) in [5.41, 5.74) is -0.0490. The van der Waals surface area contributed by atoms with Gasteiger partial charge in [0.2, 0.25) is 5.89 Å². The predicted octanol–water partition coefficient (Wildman–Crippen LogP) is 4.92. The number of amides is 1. The largest absolute Gasteiger partial charge is 0.444 e. The highest BCUT2D eigenvalue weighted by Gasteiger charge is 2.27. The molecule has 152 valence electrons. The van der Waals surface area contributed by atoms with Crippen LogP contribution in [0.2, 0.25) is 5.02 Å². The Morgan fingerprint density at radius 2 is 1.86 bits per heavy atom. The number of Topliss-reactive ketones (excluding diaryl/α,β-unsaturated/α-hetero) is 1. The van der Waals surface area contributed by atoms with Crippen molar-refractivity contribution in [3.05, 3.63) is 40.7 Å². The Hall–Kier alpha value is -2.06. The van der Waals surface area contributed by atoms with E-state index in [2.05, 4.69) is 15.5 Å². The number of thioether (sulfide) groups is 1. The van der Waals surface area contributed by atoms with Gasteiger partial charge in [-0.2, -0.15) is 0 Å². The van der Waals surface area contributed by atoms with Gasteiger partial charge in [0.05, 0.1) is 5.75 Å². The van der Waals surface area contributed by atoms with Crippen LogP contribution in [-0.4, -0.2) is 33.4 Å². The van der Waals surface area contributed by atoms with Crippen LogP contribution < -0.4 is 5.32 Å². The van der Waals surface area contributed by atoms with E-state index in [9.17, 15) is 9.59 Å². The summed E-state index contributed by atoms with van der Waals surface area (Å²) in [6, 6.07) is 6.18. The average molecular weight is 426 g/mol. The second-order valence-electron chi connectivity index (χ2n) is 7.49. The molecule has 0 spiro atoms. The smallest absolute Gasteiger partial charge is 0.408 e. The number of alkyl carbamates (subject to hydrolysis) is 1. The Bertz CT molecular complexity index is 815. The van der Waals surface area contributed by atoms with Crippen molar-refractivity contribution in [3.8, 4) is 0 Å². The number of aromatic nitrogens is 2. The standard InChI is InChI=1S/C19H24ClN3O4S/c1-11(2)15(21-17(25)27-19(3,4)5)16-22-23-18(26-16)28-10-14(24)12-6-8-13(20)9-7-12/h6-9,11,15H,10H2,1-5H3,(H,21,25)/t15-/m0/s1. The molecule has 1 atom stereocenters. The zero-order valence-electron chi connectivity index (χ0n) is 16.5. The van der Waals surface area contributed by atoms with Gasteiger partial charge in [-0.25, -0.2) is 4.79 Å². The molecule has 7 nitrogen and oxygen atoms in total. The number of carbonyl (C=O) groups is 2. The first-order valence-corrected chi connectivity index (χ1v) is 10.2. The monoisotopic (exact) mass is 425 g/mol. The molecule has 0 aliphatic carbocycles. The molecule has 28 heavy (non-hydrogen) atoms. The summed E-state index contributed by atoms with van der Waals surface area (Å²) in [6.07, 6.45) is -0.559. The van der Waals surface area contributed by atoms with E-state index >= 15 is 0 Å². The van der Waals surface area contributed by atoms with Gasteiger partial charge in [-0.1, -0.05) is 37.2 Å². The zero-order valence-corrected chi connectivity index (χ0v) is 18.1. The number of rotatable bonds is 7. The summed E-state index contributed by atoms with van der Waals surface area (Å²) in [7, 11) is 0. The molecule has 0 unspecified atom stereocenters. The average Bonchev–Trinajstić information content (AvgIpc) is 3.05. The first kappa shape index (κ1) is 22.2. The molecular weight excluding hydrogens is 402 g/mol. The van der Waals surface area contributed by atoms with Crippen LogP contribution in [0.3, 0.4) is 0 Å². The Balaban J connectivity index is 1.99. The molecule has 0 saturated heterocycles. The molecule has 1 amide bonds. The Kier molecular flexibility index (Phi) is 7.48. The molecule has 0 fully saturated rings. The topological polar surface area (TPSA) is 94.3 Å². The summed E-state index contributed by atoms with van der Waals surface area (Å²) < 4.78 is 10.9. The maximum absolute atomic E-state index is 12.2. The minimum atomic E-state index is -0.608. The molecule has 1 heterocycles. The number of nitrogens with zero attached hydrogens (tertiary/aromatic N) is 2. The molecular formula is C19H24ClN3O4S. The van der Waals surface area contributed by atoms with E-state index in [-0.39, 0.29) is 28.6 Å². The van der Waals surface area contributed by atoms with Crippen LogP contribution in [0, 0.1) is 5.92 Å². The number of benzene rings is 1. The third-order valence-electron chi connectivity index (χ3n) is 3.52. The van der Waals surface area contributed by atoms with Crippen molar-refractivity contribution < 1.29 is 18.7 Å². The Labute approximate surface area is 173 Å². The maximum Gasteiger partial charge on any atom is 0.408 e. The molecule has 0 bridgehead atoms. The van der Waals surface area contributed by atoms with Crippen molar-refractivity contribution in [2.45, 2.75) is 51.5 Å². The predicted molar refractivity (Wildman–Crippen MR) is 108 cm³/mol. The molecule has 2 aromatic rings. The second kappa shape index (κ2) is 9.43. The fourth-order valence-corrected chi connectivity index (χ4v) is 2.99. The van der Waals surface area contributed by atoms with Gasteiger partial charge in [0.15, 0.2) is 5.78 Å². The quantitative estimate of drug-likeness (QED) is 0.496. The van der Waals surface area contributed by atoms with Crippen molar-refractivity contribution in [2.75, 3.05) is 5.75 Å². The van der Waals surface area contributed by atoms with E-state index < -0.39 is 17.7 Å². The molecule has 1 aromatic carbocycles. The Morgan fingerprint density at radius 1 is 1.21 bits per heavy atom. The van der Waals surface area contributed by atoms with E-state index in [1.54, 1.807) is 45.0 Å². The minimum Gasteiger partial charge on any atom is -0.444 e. The molecule has 1 aromatic heterocycles. The molecule has 0 radical (unpaired) electrons. The van der Waals surface area contributed by atoms with Gasteiger partial charge in [-0.05, 0) is 51.0 Å². The van der Waals surface area contributed by atoms with E-state index in [0.29, 0.717) is 10.6 Å². The van der Waals surface area contributed by atoms with Crippen LogP contribution >= 0.6 is 23.4 Å². The van der Waals surface area contributed by atoms with Crippen LogP contribution in [0.25, 0.3) is 0 Å². The third-order valence-corrected chi connectivity index (χ3v) is 4.59. The molecule has 2 rings (SSSR count). The maximum atomic E-state index is 12.2. The molecule has 0 aliphatic heterocycles. The number of halogens is 1. The number of ketones is 1. The van der Waals surface area contributed by atoms with Gasteiger partial charge in [0, 0.05) is 10.6 Å². The lowest BCUT2D eigenvalue weighted by Crippen LogP contribution is -2.37. The van der Waals surface area contributed by atoms with Crippen molar-refractivity contribution in [1.29, 1.82) is 0 Å². The van der Waals surface area contributed by atoms with Gasteiger partial charge in [-0.3, -0.25) is 4.79 Å². The molecule has 0 saturated carbocycles. The fraction of sp³-hybridized carbons (Fsp3) is 0.474. The summed E-state index contributed by atoms with van der Waals surface area (Å²) in [5.74, 6) is 0.340. The SMILES string of the molecule is CC(C)[C@H](NC(=O)OC(C)(C)C)c1nnc(SCC(=O)c2ccc(Cl)cc2)o1. The first-order valence-electron chi connectivity index (χ1n) is 8.79. The van der Waals surface area contributed by atoms with Crippen molar-refractivity contribution >= 4 is 35.2 Å². The zero-order chi connectivity index (χ0) is 20.9. The lowest BCUT2D eigenvalue weighted by atomic mass is 10.1. The van der Waals surface area contributed by atoms with Crippen LogP contribution in [0.15, 0.2) is 33.9 Å². The first-order chi connectivity index (χ1) is 13.0. The van der Waals surface area contributed by atoms with E-state index in [4.69, 9.17) is 20.8 Å². The van der Waals surface area contributed by atoms with Gasteiger partial charge in [-0.15, -0.1) is 10.2 Å². The van der Waals surface area contributed by atoms with Crippen molar-refractivity contribution in [1.82, 2.24) is 15.5 Å². The summed E-state index contributed by atoms with van der Waals surface area (Å²) in [4.78, 5) is 24.3. The highest BCUT2D eigenvalue weighted by molar-refractivity contribution is 7.99. The molecule has 9 heteroatoms.